The maximum atomic E-state index is 12.7. The van der Waals surface area contributed by atoms with Gasteiger partial charge in [-0.2, -0.15) is 0 Å². The van der Waals surface area contributed by atoms with E-state index in [-0.39, 0.29) is 5.91 Å². The molecular weight excluding hydrogens is 352 g/mol. The van der Waals surface area contributed by atoms with Gasteiger partial charge >= 0.3 is 0 Å². The number of hydrogen-bond donors (Lipinski definition) is 0. The van der Waals surface area contributed by atoms with E-state index in [2.05, 4.69) is 34.5 Å². The average Bonchev–Trinajstić information content (AvgIpc) is 2.56. The highest BCUT2D eigenvalue weighted by molar-refractivity contribution is 9.10. The lowest BCUT2D eigenvalue weighted by Gasteiger charge is -2.42. The monoisotopic (exact) mass is 378 g/mol. The summed E-state index contributed by atoms with van der Waals surface area (Å²) in [6.45, 7) is 4.71. The van der Waals surface area contributed by atoms with Crippen molar-refractivity contribution in [3.63, 3.8) is 0 Å². The number of amides is 1. The molecule has 0 aliphatic heterocycles. The molecule has 1 aliphatic carbocycles. The molecule has 0 unspecified atom stereocenters. The highest BCUT2D eigenvalue weighted by atomic mass is 79.9. The van der Waals surface area contributed by atoms with Gasteiger partial charge in [0.05, 0.1) is 6.42 Å². The molecule has 23 heavy (non-hydrogen) atoms. The third-order valence-electron chi connectivity index (χ3n) is 4.84. The van der Waals surface area contributed by atoms with Crippen molar-refractivity contribution >= 4 is 21.8 Å². The van der Waals surface area contributed by atoms with Gasteiger partial charge in [-0.15, -0.1) is 6.58 Å². The lowest BCUT2D eigenvalue weighted by molar-refractivity contribution is -0.133. The Morgan fingerprint density at radius 3 is 2.43 bits per heavy atom. The number of benzene rings is 1. The molecule has 2 rings (SSSR count). The maximum Gasteiger partial charge on any atom is 0.227 e. The van der Waals surface area contributed by atoms with E-state index in [0.29, 0.717) is 18.5 Å². The first-order valence-corrected chi connectivity index (χ1v) is 9.13. The Balaban J connectivity index is 2.03. The predicted molar refractivity (Wildman–Crippen MR) is 99.5 cm³/mol. The summed E-state index contributed by atoms with van der Waals surface area (Å²) < 4.78 is 1.04. The Morgan fingerprint density at radius 1 is 1.22 bits per heavy atom. The zero-order valence-corrected chi connectivity index (χ0v) is 15.8. The van der Waals surface area contributed by atoms with E-state index in [1.165, 1.54) is 12.8 Å². The molecule has 3 nitrogen and oxygen atoms in total. The van der Waals surface area contributed by atoms with Crippen molar-refractivity contribution in [2.75, 3.05) is 20.6 Å². The summed E-state index contributed by atoms with van der Waals surface area (Å²) in [6.07, 6.45) is 7.11. The van der Waals surface area contributed by atoms with Crippen LogP contribution in [0.15, 0.2) is 41.4 Å². The number of halogens is 1. The number of rotatable bonds is 6. The zero-order valence-electron chi connectivity index (χ0n) is 14.2. The summed E-state index contributed by atoms with van der Waals surface area (Å²) in [7, 11) is 4.10. The minimum atomic E-state index is 0.205. The van der Waals surface area contributed by atoms with Crippen LogP contribution in [-0.2, 0) is 11.2 Å². The summed E-state index contributed by atoms with van der Waals surface area (Å²) in [6, 6.07) is 8.74. The minimum absolute atomic E-state index is 0.205. The molecule has 126 valence electrons. The molecule has 4 heteroatoms. The van der Waals surface area contributed by atoms with Gasteiger partial charge in [0.25, 0.3) is 0 Å². The van der Waals surface area contributed by atoms with Crippen LogP contribution in [0.2, 0.25) is 0 Å². The van der Waals surface area contributed by atoms with E-state index in [9.17, 15) is 4.79 Å². The number of hydrogen-bond acceptors (Lipinski definition) is 2. The third-order valence-corrected chi connectivity index (χ3v) is 5.37. The van der Waals surface area contributed by atoms with E-state index >= 15 is 0 Å². The van der Waals surface area contributed by atoms with Gasteiger partial charge in [0.15, 0.2) is 0 Å². The Morgan fingerprint density at radius 2 is 1.83 bits per heavy atom. The standard InChI is InChI=1S/C19H27BrN2O/c1-4-13-21(2)17-7-5-6-8-18(17)22(3)19(23)14-15-9-11-16(20)12-10-15/h4,9-12,17-18H,1,5-8,13-14H2,2-3H3/t17-,18-/m1/s1. The second-order valence-corrected chi connectivity index (χ2v) is 7.37. The van der Waals surface area contributed by atoms with Crippen LogP contribution in [0, 0.1) is 0 Å². The topological polar surface area (TPSA) is 23.6 Å². The predicted octanol–water partition coefficient (Wildman–Crippen LogP) is 3.88. The quantitative estimate of drug-likeness (QED) is 0.701. The first-order chi connectivity index (χ1) is 11.0. The molecule has 0 spiro atoms. The van der Waals surface area contributed by atoms with Crippen molar-refractivity contribution in [3.05, 3.63) is 47.0 Å². The molecule has 0 aromatic heterocycles. The van der Waals surface area contributed by atoms with Gasteiger partial charge in [-0.1, -0.05) is 47.0 Å². The van der Waals surface area contributed by atoms with E-state index in [1.807, 2.05) is 42.3 Å². The Labute approximate surface area is 148 Å². The summed E-state index contributed by atoms with van der Waals surface area (Å²) in [5, 5.41) is 0. The summed E-state index contributed by atoms with van der Waals surface area (Å²) in [5.41, 5.74) is 1.07. The molecule has 0 saturated heterocycles. The van der Waals surface area contributed by atoms with E-state index in [1.54, 1.807) is 0 Å². The SMILES string of the molecule is C=CCN(C)[C@@H]1CCCC[C@H]1N(C)C(=O)Cc1ccc(Br)cc1. The highest BCUT2D eigenvalue weighted by Gasteiger charge is 2.32. The second-order valence-electron chi connectivity index (χ2n) is 6.46. The first kappa shape index (κ1) is 18.2. The maximum absolute atomic E-state index is 12.7. The lowest BCUT2D eigenvalue weighted by Crippen LogP contribution is -2.53. The van der Waals surface area contributed by atoms with Crippen LogP contribution in [0.1, 0.15) is 31.2 Å². The molecule has 0 heterocycles. The first-order valence-electron chi connectivity index (χ1n) is 8.34. The summed E-state index contributed by atoms with van der Waals surface area (Å²) >= 11 is 3.43. The van der Waals surface area contributed by atoms with E-state index < -0.39 is 0 Å². The van der Waals surface area contributed by atoms with E-state index in [0.717, 1.165) is 29.4 Å². The Bertz CT molecular complexity index is 529. The molecule has 0 radical (unpaired) electrons. The van der Waals surface area contributed by atoms with Crippen molar-refractivity contribution in [3.8, 4) is 0 Å². The molecular formula is C19H27BrN2O. The molecule has 0 N–H and O–H groups in total. The fourth-order valence-electron chi connectivity index (χ4n) is 3.48. The van der Waals surface area contributed by atoms with Crippen molar-refractivity contribution in [1.29, 1.82) is 0 Å². The number of nitrogens with zero attached hydrogens (tertiary/aromatic N) is 2. The van der Waals surface area contributed by atoms with Crippen LogP contribution < -0.4 is 0 Å². The van der Waals surface area contributed by atoms with Crippen LogP contribution >= 0.6 is 15.9 Å². The smallest absolute Gasteiger partial charge is 0.227 e. The van der Waals surface area contributed by atoms with Gasteiger partial charge < -0.3 is 4.90 Å². The molecule has 1 saturated carbocycles. The molecule has 1 fully saturated rings. The fraction of sp³-hybridized carbons (Fsp3) is 0.526. The van der Waals surface area contributed by atoms with Crippen LogP contribution in [0.4, 0.5) is 0 Å². The molecule has 0 bridgehead atoms. The Kier molecular flexibility index (Phi) is 6.85. The lowest BCUT2D eigenvalue weighted by atomic mass is 9.88. The molecule has 1 aromatic rings. The Hall–Kier alpha value is -1.13. The molecule has 1 aromatic carbocycles. The number of carbonyl (C=O) groups is 1. The van der Waals surface area contributed by atoms with Gasteiger partial charge in [-0.05, 0) is 37.6 Å². The normalized spacial score (nSPS) is 21.2. The van der Waals surface area contributed by atoms with Crippen molar-refractivity contribution in [1.82, 2.24) is 9.80 Å². The van der Waals surface area contributed by atoms with Gasteiger partial charge in [-0.25, -0.2) is 0 Å². The summed E-state index contributed by atoms with van der Waals surface area (Å²) in [5.74, 6) is 0.205. The van der Waals surface area contributed by atoms with Crippen molar-refractivity contribution in [2.24, 2.45) is 0 Å². The van der Waals surface area contributed by atoms with Gasteiger partial charge in [0, 0.05) is 30.1 Å². The largest absolute Gasteiger partial charge is 0.341 e. The molecule has 2 atom stereocenters. The van der Waals surface area contributed by atoms with Gasteiger partial charge in [0.1, 0.15) is 0 Å². The molecule has 1 aliphatic rings. The summed E-state index contributed by atoms with van der Waals surface area (Å²) in [4.78, 5) is 17.0. The van der Waals surface area contributed by atoms with Crippen molar-refractivity contribution in [2.45, 2.75) is 44.2 Å². The van der Waals surface area contributed by atoms with E-state index in [4.69, 9.17) is 0 Å². The minimum Gasteiger partial charge on any atom is -0.341 e. The number of likely N-dealkylation sites (N-methyl/N-ethyl adjacent to an activating group) is 2. The van der Waals surface area contributed by atoms with Crippen LogP contribution in [0.25, 0.3) is 0 Å². The van der Waals surface area contributed by atoms with Crippen LogP contribution in [0.3, 0.4) is 0 Å². The van der Waals surface area contributed by atoms with Gasteiger partial charge in [-0.3, -0.25) is 9.69 Å². The second kappa shape index (κ2) is 8.65. The van der Waals surface area contributed by atoms with Crippen molar-refractivity contribution < 1.29 is 4.79 Å². The number of carbonyl (C=O) groups excluding carboxylic acids is 1. The van der Waals surface area contributed by atoms with Crippen LogP contribution in [-0.4, -0.2) is 48.4 Å². The third kappa shape index (κ3) is 4.92. The zero-order chi connectivity index (χ0) is 16.8. The fourth-order valence-corrected chi connectivity index (χ4v) is 3.75. The highest BCUT2D eigenvalue weighted by Crippen LogP contribution is 2.26. The van der Waals surface area contributed by atoms with Gasteiger partial charge in [0.2, 0.25) is 5.91 Å². The molecule has 1 amide bonds. The van der Waals surface area contributed by atoms with Crippen LogP contribution in [0.5, 0.6) is 0 Å². The average molecular weight is 379 g/mol.